The zero-order valence-electron chi connectivity index (χ0n) is 14.5. The molecule has 2 fully saturated rings. The number of benzene rings is 1. The van der Waals surface area contributed by atoms with Gasteiger partial charge in [0.05, 0.1) is 18.9 Å². The van der Waals surface area contributed by atoms with E-state index in [2.05, 4.69) is 39.4 Å². The van der Waals surface area contributed by atoms with E-state index in [0.717, 1.165) is 25.1 Å². The van der Waals surface area contributed by atoms with Crippen molar-refractivity contribution < 1.29 is 9.53 Å². The summed E-state index contributed by atoms with van der Waals surface area (Å²) in [5.74, 6) is 0.145. The van der Waals surface area contributed by atoms with Gasteiger partial charge in [0.25, 0.3) is 0 Å². The minimum Gasteiger partial charge on any atom is -0.378 e. The first-order valence-electron chi connectivity index (χ1n) is 8.92. The molecule has 130 valence electrons. The Balaban J connectivity index is 1.49. The summed E-state index contributed by atoms with van der Waals surface area (Å²) < 4.78 is 5.77. The first kappa shape index (κ1) is 16.4. The van der Waals surface area contributed by atoms with E-state index < -0.39 is 0 Å². The van der Waals surface area contributed by atoms with E-state index in [1.807, 2.05) is 19.1 Å². The molecule has 0 radical (unpaired) electrons. The van der Waals surface area contributed by atoms with Crippen LogP contribution < -0.4 is 0 Å². The standard InChI is InChI=1S/C20H23N3O2/c1-14-7-8-19(22-21-14)20(24)16-9-17-12-25-13-18(10-16)23(17)11-15-5-3-2-4-6-15/h2-8,16-18H,9-13H2,1H3. The molecule has 1 aromatic carbocycles. The normalized spacial score (nSPS) is 26.4. The molecule has 25 heavy (non-hydrogen) atoms. The van der Waals surface area contributed by atoms with Gasteiger partial charge < -0.3 is 4.74 Å². The average molecular weight is 337 g/mol. The summed E-state index contributed by atoms with van der Waals surface area (Å²) in [6, 6.07) is 14.8. The highest BCUT2D eigenvalue weighted by Crippen LogP contribution is 2.34. The molecule has 0 amide bonds. The van der Waals surface area contributed by atoms with Crippen LogP contribution in [0.25, 0.3) is 0 Å². The number of nitrogens with zero attached hydrogens (tertiary/aromatic N) is 3. The van der Waals surface area contributed by atoms with Gasteiger partial charge in [-0.05, 0) is 37.5 Å². The van der Waals surface area contributed by atoms with Crippen molar-refractivity contribution in [3.8, 4) is 0 Å². The van der Waals surface area contributed by atoms with E-state index in [4.69, 9.17) is 4.74 Å². The van der Waals surface area contributed by atoms with Gasteiger partial charge in [0, 0.05) is 24.5 Å². The topological polar surface area (TPSA) is 55.3 Å². The second-order valence-corrected chi connectivity index (χ2v) is 7.10. The third-order valence-electron chi connectivity index (χ3n) is 5.30. The Morgan fingerprint density at radius 3 is 2.44 bits per heavy atom. The fourth-order valence-electron chi connectivity index (χ4n) is 4.00. The van der Waals surface area contributed by atoms with E-state index in [9.17, 15) is 4.79 Å². The summed E-state index contributed by atoms with van der Waals surface area (Å²) >= 11 is 0. The molecule has 0 spiro atoms. The van der Waals surface area contributed by atoms with Crippen LogP contribution in [-0.2, 0) is 11.3 Å². The van der Waals surface area contributed by atoms with Crippen molar-refractivity contribution in [1.29, 1.82) is 0 Å². The predicted molar refractivity (Wildman–Crippen MR) is 94.2 cm³/mol. The number of morpholine rings is 1. The molecular formula is C20H23N3O2. The van der Waals surface area contributed by atoms with Gasteiger partial charge in [0.2, 0.25) is 0 Å². The third-order valence-corrected chi connectivity index (χ3v) is 5.30. The number of aryl methyl sites for hydroxylation is 1. The number of piperidine rings is 1. The Kier molecular flexibility index (Phi) is 4.59. The lowest BCUT2D eigenvalue weighted by atomic mass is 9.81. The predicted octanol–water partition coefficient (Wildman–Crippen LogP) is 2.65. The van der Waals surface area contributed by atoms with Crippen LogP contribution in [0, 0.1) is 12.8 Å². The number of hydrogen-bond acceptors (Lipinski definition) is 5. The number of aromatic nitrogens is 2. The summed E-state index contributed by atoms with van der Waals surface area (Å²) in [6.07, 6.45) is 1.66. The maximum atomic E-state index is 12.8. The van der Waals surface area contributed by atoms with Crippen molar-refractivity contribution in [3.05, 3.63) is 59.4 Å². The smallest absolute Gasteiger partial charge is 0.186 e. The number of carbonyl (C=O) groups is 1. The molecule has 1 aromatic heterocycles. The minimum atomic E-state index is 0.0166. The number of hydrogen-bond donors (Lipinski definition) is 0. The van der Waals surface area contributed by atoms with Crippen molar-refractivity contribution in [2.75, 3.05) is 13.2 Å². The van der Waals surface area contributed by atoms with Gasteiger partial charge in [-0.3, -0.25) is 9.69 Å². The Labute approximate surface area is 148 Å². The summed E-state index contributed by atoms with van der Waals surface area (Å²) in [5, 5.41) is 8.12. The van der Waals surface area contributed by atoms with Gasteiger partial charge >= 0.3 is 0 Å². The summed E-state index contributed by atoms with van der Waals surface area (Å²) in [5.41, 5.74) is 2.64. The molecule has 4 rings (SSSR count). The molecule has 2 atom stereocenters. The second-order valence-electron chi connectivity index (χ2n) is 7.10. The van der Waals surface area contributed by atoms with E-state index >= 15 is 0 Å². The first-order valence-corrected chi connectivity index (χ1v) is 8.92. The highest BCUT2D eigenvalue weighted by atomic mass is 16.5. The van der Waals surface area contributed by atoms with Gasteiger partial charge in [-0.15, -0.1) is 5.10 Å². The molecule has 2 unspecified atom stereocenters. The van der Waals surface area contributed by atoms with Crippen LogP contribution in [-0.4, -0.2) is 46.2 Å². The van der Waals surface area contributed by atoms with Crippen molar-refractivity contribution >= 4 is 5.78 Å². The summed E-state index contributed by atoms with van der Waals surface area (Å²) in [6.45, 7) is 4.20. The Morgan fingerprint density at radius 1 is 1.08 bits per heavy atom. The van der Waals surface area contributed by atoms with Crippen molar-refractivity contribution in [2.24, 2.45) is 5.92 Å². The van der Waals surface area contributed by atoms with Crippen LogP contribution in [0.1, 0.15) is 34.6 Å². The van der Waals surface area contributed by atoms with E-state index in [0.29, 0.717) is 31.0 Å². The van der Waals surface area contributed by atoms with E-state index in [1.54, 1.807) is 6.07 Å². The molecule has 2 aliphatic heterocycles. The molecule has 5 heteroatoms. The lowest BCUT2D eigenvalue weighted by Crippen LogP contribution is -2.57. The van der Waals surface area contributed by atoms with Gasteiger partial charge in [-0.1, -0.05) is 30.3 Å². The zero-order chi connectivity index (χ0) is 17.2. The highest BCUT2D eigenvalue weighted by Gasteiger charge is 2.41. The number of rotatable bonds is 4. The fourth-order valence-corrected chi connectivity index (χ4v) is 4.00. The fraction of sp³-hybridized carbons (Fsp3) is 0.450. The maximum absolute atomic E-state index is 12.8. The maximum Gasteiger partial charge on any atom is 0.186 e. The quantitative estimate of drug-likeness (QED) is 0.803. The lowest BCUT2D eigenvalue weighted by molar-refractivity contribution is -0.0873. The second kappa shape index (κ2) is 7.02. The first-order chi connectivity index (χ1) is 12.2. The molecule has 5 nitrogen and oxygen atoms in total. The number of ether oxygens (including phenoxy) is 1. The number of fused-ring (bicyclic) bond motifs is 2. The number of ketones is 1. The largest absolute Gasteiger partial charge is 0.378 e. The molecule has 2 saturated heterocycles. The van der Waals surface area contributed by atoms with Gasteiger partial charge in [-0.2, -0.15) is 5.10 Å². The summed E-state index contributed by atoms with van der Waals surface area (Å²) in [4.78, 5) is 15.4. The molecule has 3 heterocycles. The average Bonchev–Trinajstić information content (AvgIpc) is 2.62. The molecular weight excluding hydrogens is 314 g/mol. The van der Waals surface area contributed by atoms with Crippen LogP contribution >= 0.6 is 0 Å². The molecule has 2 bridgehead atoms. The van der Waals surface area contributed by atoms with Crippen LogP contribution in [0.5, 0.6) is 0 Å². The Hall–Kier alpha value is -2.11. The Morgan fingerprint density at radius 2 is 1.80 bits per heavy atom. The van der Waals surface area contributed by atoms with Gasteiger partial charge in [0.15, 0.2) is 5.78 Å². The van der Waals surface area contributed by atoms with Crippen molar-refractivity contribution in [3.63, 3.8) is 0 Å². The van der Waals surface area contributed by atoms with Crippen LogP contribution in [0.15, 0.2) is 42.5 Å². The van der Waals surface area contributed by atoms with Crippen molar-refractivity contribution in [1.82, 2.24) is 15.1 Å². The molecule has 0 N–H and O–H groups in total. The van der Waals surface area contributed by atoms with Crippen molar-refractivity contribution in [2.45, 2.75) is 38.4 Å². The van der Waals surface area contributed by atoms with Gasteiger partial charge in [-0.25, -0.2) is 0 Å². The molecule has 0 saturated carbocycles. The van der Waals surface area contributed by atoms with Crippen LogP contribution in [0.4, 0.5) is 0 Å². The minimum absolute atomic E-state index is 0.0166. The SMILES string of the molecule is Cc1ccc(C(=O)C2CC3COCC(C2)N3Cc2ccccc2)nn1. The summed E-state index contributed by atoms with van der Waals surface area (Å²) in [7, 11) is 0. The Bertz CT molecular complexity index is 718. The molecule has 2 aromatic rings. The zero-order valence-corrected chi connectivity index (χ0v) is 14.5. The number of Topliss-reactive ketones (excluding diaryl/α,β-unsaturated/α-hetero) is 1. The van der Waals surface area contributed by atoms with Crippen LogP contribution in [0.2, 0.25) is 0 Å². The van der Waals surface area contributed by atoms with E-state index in [-0.39, 0.29) is 11.7 Å². The van der Waals surface area contributed by atoms with Crippen LogP contribution in [0.3, 0.4) is 0 Å². The monoisotopic (exact) mass is 337 g/mol. The van der Waals surface area contributed by atoms with E-state index in [1.165, 1.54) is 5.56 Å². The third kappa shape index (κ3) is 3.48. The number of carbonyl (C=O) groups excluding carboxylic acids is 1. The lowest BCUT2D eigenvalue weighted by Gasteiger charge is -2.48. The molecule has 0 aliphatic carbocycles. The molecule has 2 aliphatic rings. The van der Waals surface area contributed by atoms with Gasteiger partial charge in [0.1, 0.15) is 5.69 Å². The highest BCUT2D eigenvalue weighted by molar-refractivity contribution is 5.96.